The molecular formula is C22H16N2O2. The van der Waals surface area contributed by atoms with Gasteiger partial charge >= 0.3 is 0 Å². The molecule has 0 aliphatic carbocycles. The van der Waals surface area contributed by atoms with E-state index in [1.165, 1.54) is 0 Å². The largest absolute Gasteiger partial charge is 0.436 e. The molecule has 0 spiro atoms. The number of fused-ring (bicyclic) bond motifs is 2. The van der Waals surface area contributed by atoms with E-state index in [9.17, 15) is 4.79 Å². The van der Waals surface area contributed by atoms with E-state index in [0.29, 0.717) is 12.4 Å². The Morgan fingerprint density at radius 2 is 1.77 bits per heavy atom. The Hall–Kier alpha value is -3.40. The first kappa shape index (κ1) is 14.9. The van der Waals surface area contributed by atoms with E-state index >= 15 is 0 Å². The molecule has 0 saturated heterocycles. The molecule has 0 bridgehead atoms. The molecule has 1 aliphatic heterocycles. The van der Waals surface area contributed by atoms with Crippen molar-refractivity contribution in [3.8, 4) is 11.5 Å². The Bertz CT molecular complexity index is 1150. The lowest BCUT2D eigenvalue weighted by atomic mass is 10.1. The second kappa shape index (κ2) is 5.56. The van der Waals surface area contributed by atoms with Crippen LogP contribution in [0.1, 0.15) is 21.5 Å². The van der Waals surface area contributed by atoms with Crippen molar-refractivity contribution in [1.29, 1.82) is 0 Å². The highest BCUT2D eigenvalue weighted by Gasteiger charge is 2.28. The molecule has 1 aromatic heterocycles. The molecule has 0 radical (unpaired) electrons. The summed E-state index contributed by atoms with van der Waals surface area (Å²) < 4.78 is 5.98. The summed E-state index contributed by atoms with van der Waals surface area (Å²) in [6.45, 7) is 2.57. The van der Waals surface area contributed by atoms with Crippen LogP contribution < -0.4 is 4.90 Å². The predicted molar refractivity (Wildman–Crippen MR) is 101 cm³/mol. The topological polar surface area (TPSA) is 46.3 Å². The van der Waals surface area contributed by atoms with Crippen molar-refractivity contribution in [2.24, 2.45) is 0 Å². The summed E-state index contributed by atoms with van der Waals surface area (Å²) in [5.41, 5.74) is 6.12. The van der Waals surface area contributed by atoms with Crippen LogP contribution in [0.4, 0.5) is 5.69 Å². The third kappa shape index (κ3) is 2.23. The van der Waals surface area contributed by atoms with E-state index < -0.39 is 0 Å². The van der Waals surface area contributed by atoms with Gasteiger partial charge in [0.2, 0.25) is 5.89 Å². The minimum Gasteiger partial charge on any atom is -0.436 e. The van der Waals surface area contributed by atoms with Gasteiger partial charge in [0.05, 0.1) is 6.54 Å². The molecule has 1 aliphatic rings. The lowest BCUT2D eigenvalue weighted by Gasteiger charge is -2.16. The first-order valence-corrected chi connectivity index (χ1v) is 8.57. The fourth-order valence-electron chi connectivity index (χ4n) is 3.50. The Balaban J connectivity index is 1.59. The Morgan fingerprint density at radius 3 is 2.58 bits per heavy atom. The van der Waals surface area contributed by atoms with E-state index in [-0.39, 0.29) is 5.91 Å². The number of nitrogens with zero attached hydrogens (tertiary/aromatic N) is 2. The van der Waals surface area contributed by atoms with Crippen molar-refractivity contribution in [2.75, 3.05) is 4.90 Å². The van der Waals surface area contributed by atoms with Crippen molar-refractivity contribution in [3.05, 3.63) is 83.4 Å². The van der Waals surface area contributed by atoms with Crippen LogP contribution in [0.3, 0.4) is 0 Å². The van der Waals surface area contributed by atoms with Crippen molar-refractivity contribution < 1.29 is 9.21 Å². The highest BCUT2D eigenvalue weighted by atomic mass is 16.3. The van der Waals surface area contributed by atoms with Gasteiger partial charge in [0.1, 0.15) is 5.52 Å². The van der Waals surface area contributed by atoms with Gasteiger partial charge in [0.25, 0.3) is 5.91 Å². The zero-order valence-electron chi connectivity index (χ0n) is 14.3. The summed E-state index contributed by atoms with van der Waals surface area (Å²) in [5.74, 6) is 0.628. The normalized spacial score (nSPS) is 13.4. The SMILES string of the molecule is Cc1cc(N2Cc3ccccc3C2=O)cc2nc(-c3ccccc3)oc12. The van der Waals surface area contributed by atoms with Crippen LogP contribution in [0.25, 0.3) is 22.6 Å². The molecule has 5 rings (SSSR count). The highest BCUT2D eigenvalue weighted by molar-refractivity contribution is 6.10. The van der Waals surface area contributed by atoms with Crippen molar-refractivity contribution in [2.45, 2.75) is 13.5 Å². The molecule has 3 aromatic carbocycles. The quantitative estimate of drug-likeness (QED) is 0.518. The van der Waals surface area contributed by atoms with Crippen LogP contribution in [0.5, 0.6) is 0 Å². The van der Waals surface area contributed by atoms with Crippen LogP contribution in [-0.4, -0.2) is 10.9 Å². The highest BCUT2D eigenvalue weighted by Crippen LogP contribution is 2.33. The van der Waals surface area contributed by atoms with Gasteiger partial charge in [-0.2, -0.15) is 0 Å². The molecule has 4 aromatic rings. The molecule has 4 nitrogen and oxygen atoms in total. The third-order valence-corrected chi connectivity index (χ3v) is 4.81. The van der Waals surface area contributed by atoms with Crippen LogP contribution >= 0.6 is 0 Å². The predicted octanol–water partition coefficient (Wildman–Crippen LogP) is 4.96. The van der Waals surface area contributed by atoms with Crippen LogP contribution in [-0.2, 0) is 6.54 Å². The summed E-state index contributed by atoms with van der Waals surface area (Å²) in [6.07, 6.45) is 0. The number of hydrogen-bond donors (Lipinski definition) is 0. The van der Waals surface area contributed by atoms with Gasteiger partial charge in [0, 0.05) is 16.8 Å². The number of oxazole rings is 1. The maximum Gasteiger partial charge on any atom is 0.258 e. The van der Waals surface area contributed by atoms with Gasteiger partial charge < -0.3 is 9.32 Å². The van der Waals surface area contributed by atoms with Crippen LogP contribution in [0, 0.1) is 6.92 Å². The summed E-state index contributed by atoms with van der Waals surface area (Å²) in [6, 6.07) is 21.5. The first-order chi connectivity index (χ1) is 12.7. The van der Waals surface area contributed by atoms with Crippen LogP contribution in [0.2, 0.25) is 0 Å². The molecular weight excluding hydrogens is 324 g/mol. The minimum absolute atomic E-state index is 0.0335. The maximum atomic E-state index is 12.8. The average molecular weight is 340 g/mol. The summed E-state index contributed by atoms with van der Waals surface area (Å²) >= 11 is 0. The number of benzene rings is 3. The third-order valence-electron chi connectivity index (χ3n) is 4.81. The fraction of sp³-hybridized carbons (Fsp3) is 0.0909. The standard InChI is InChI=1S/C22H16N2O2/c1-14-11-17(24-13-16-9-5-6-10-18(16)22(24)25)12-19-20(14)26-21(23-19)15-7-3-2-4-8-15/h2-12H,13H2,1H3. The summed E-state index contributed by atoms with van der Waals surface area (Å²) in [4.78, 5) is 19.2. The van der Waals surface area contributed by atoms with Crippen LogP contribution in [0.15, 0.2) is 71.1 Å². The van der Waals surface area contributed by atoms with Gasteiger partial charge in [-0.25, -0.2) is 4.98 Å². The van der Waals surface area contributed by atoms with E-state index in [1.807, 2.05) is 73.7 Å². The zero-order valence-corrected chi connectivity index (χ0v) is 14.3. The Morgan fingerprint density at radius 1 is 1.00 bits per heavy atom. The first-order valence-electron chi connectivity index (χ1n) is 8.57. The molecule has 2 heterocycles. The number of hydrogen-bond acceptors (Lipinski definition) is 3. The van der Waals surface area contributed by atoms with E-state index in [0.717, 1.165) is 39.0 Å². The monoisotopic (exact) mass is 340 g/mol. The Kier molecular flexibility index (Phi) is 3.19. The van der Waals surface area contributed by atoms with Crippen molar-refractivity contribution in [1.82, 2.24) is 4.98 Å². The molecule has 1 amide bonds. The number of carbonyl (C=O) groups excluding carboxylic acids is 1. The molecule has 4 heteroatoms. The smallest absolute Gasteiger partial charge is 0.258 e. The number of anilines is 1. The van der Waals surface area contributed by atoms with Crippen molar-refractivity contribution in [3.63, 3.8) is 0 Å². The molecule has 0 unspecified atom stereocenters. The maximum absolute atomic E-state index is 12.8. The zero-order chi connectivity index (χ0) is 17.7. The van der Waals surface area contributed by atoms with E-state index in [4.69, 9.17) is 4.42 Å². The molecule has 0 N–H and O–H groups in total. The second-order valence-corrected chi connectivity index (χ2v) is 6.54. The van der Waals surface area contributed by atoms with E-state index in [1.54, 1.807) is 4.90 Å². The number of aromatic nitrogens is 1. The van der Waals surface area contributed by atoms with Gasteiger partial charge in [-0.1, -0.05) is 36.4 Å². The Labute approximate surface area is 150 Å². The minimum atomic E-state index is 0.0335. The molecule has 26 heavy (non-hydrogen) atoms. The number of aryl methyl sites for hydroxylation is 1. The van der Waals surface area contributed by atoms with Gasteiger partial charge in [-0.3, -0.25) is 4.79 Å². The average Bonchev–Trinajstić information content (AvgIpc) is 3.25. The van der Waals surface area contributed by atoms with Gasteiger partial charge in [-0.15, -0.1) is 0 Å². The fourth-order valence-corrected chi connectivity index (χ4v) is 3.50. The lowest BCUT2D eigenvalue weighted by molar-refractivity contribution is 0.0996. The van der Waals surface area contributed by atoms with Gasteiger partial charge in [-0.05, 0) is 48.4 Å². The summed E-state index contributed by atoms with van der Waals surface area (Å²) in [5, 5.41) is 0. The number of amides is 1. The number of rotatable bonds is 2. The molecule has 0 fully saturated rings. The van der Waals surface area contributed by atoms with Gasteiger partial charge in [0.15, 0.2) is 5.58 Å². The molecule has 0 saturated carbocycles. The molecule has 0 atom stereocenters. The lowest BCUT2D eigenvalue weighted by Crippen LogP contribution is -2.23. The second-order valence-electron chi connectivity index (χ2n) is 6.54. The number of carbonyl (C=O) groups is 1. The van der Waals surface area contributed by atoms with E-state index in [2.05, 4.69) is 4.98 Å². The molecule has 126 valence electrons. The van der Waals surface area contributed by atoms with Crippen molar-refractivity contribution >= 4 is 22.7 Å². The summed E-state index contributed by atoms with van der Waals surface area (Å²) in [7, 11) is 0.